The van der Waals surface area contributed by atoms with Crippen LogP contribution in [0.15, 0.2) is 5.38 Å². The van der Waals surface area contributed by atoms with Gasteiger partial charge in [-0.25, -0.2) is 4.98 Å². The van der Waals surface area contributed by atoms with Gasteiger partial charge < -0.3 is 9.64 Å². The summed E-state index contributed by atoms with van der Waals surface area (Å²) in [4.78, 5) is 18.2. The number of aromatic nitrogens is 1. The number of carbonyl (C=O) groups is 1. The molecule has 0 aliphatic heterocycles. The van der Waals surface area contributed by atoms with Gasteiger partial charge in [0, 0.05) is 18.0 Å². The Morgan fingerprint density at radius 1 is 1.61 bits per heavy atom. The molecule has 0 saturated heterocycles. The van der Waals surface area contributed by atoms with E-state index in [4.69, 9.17) is 0 Å². The minimum absolute atomic E-state index is 0.224. The molecule has 4 nitrogen and oxygen atoms in total. The molecule has 0 bridgehead atoms. The van der Waals surface area contributed by atoms with Crippen LogP contribution in [-0.2, 0) is 16.0 Å². The van der Waals surface area contributed by atoms with Crippen LogP contribution >= 0.6 is 11.3 Å². The Labute approximate surface area is 112 Å². The third-order valence-corrected chi connectivity index (χ3v) is 4.01. The van der Waals surface area contributed by atoms with E-state index in [1.165, 1.54) is 32.8 Å². The summed E-state index contributed by atoms with van der Waals surface area (Å²) < 4.78 is 4.66. The summed E-state index contributed by atoms with van der Waals surface area (Å²) in [5, 5.41) is 3.03. The van der Waals surface area contributed by atoms with Gasteiger partial charge in [0.15, 0.2) is 5.13 Å². The normalized spacial score (nSPS) is 14.6. The first kappa shape index (κ1) is 13.3. The number of thiazole rings is 1. The van der Waals surface area contributed by atoms with Crippen molar-refractivity contribution in [1.82, 2.24) is 4.98 Å². The topological polar surface area (TPSA) is 42.4 Å². The number of hydrogen-bond donors (Lipinski definition) is 0. The van der Waals surface area contributed by atoms with E-state index in [2.05, 4.69) is 21.5 Å². The lowest BCUT2D eigenvalue weighted by Gasteiger charge is -2.20. The van der Waals surface area contributed by atoms with Gasteiger partial charge in [0.1, 0.15) is 0 Å². The molecule has 0 N–H and O–H groups in total. The van der Waals surface area contributed by atoms with Crippen molar-refractivity contribution in [3.63, 3.8) is 0 Å². The summed E-state index contributed by atoms with van der Waals surface area (Å²) in [6, 6.07) is 0.675. The van der Waals surface area contributed by atoms with Crippen LogP contribution in [0.5, 0.6) is 0 Å². The Morgan fingerprint density at radius 2 is 2.39 bits per heavy atom. The molecule has 1 aliphatic carbocycles. The first-order chi connectivity index (χ1) is 8.74. The van der Waals surface area contributed by atoms with Gasteiger partial charge in [-0.2, -0.15) is 0 Å². The summed E-state index contributed by atoms with van der Waals surface area (Å²) in [5.41, 5.74) is 0.823. The zero-order valence-corrected chi connectivity index (χ0v) is 11.8. The number of methoxy groups -OCH3 is 1. The van der Waals surface area contributed by atoms with Crippen LogP contribution < -0.4 is 4.90 Å². The number of carbonyl (C=O) groups excluding carboxylic acids is 1. The predicted octanol–water partition coefficient (Wildman–Crippen LogP) is 2.63. The van der Waals surface area contributed by atoms with Crippen molar-refractivity contribution in [1.29, 1.82) is 0 Å². The minimum Gasteiger partial charge on any atom is -0.469 e. The van der Waals surface area contributed by atoms with E-state index in [1.54, 1.807) is 11.3 Å². The zero-order chi connectivity index (χ0) is 13.0. The smallest absolute Gasteiger partial charge is 0.311 e. The summed E-state index contributed by atoms with van der Waals surface area (Å²) in [6.45, 7) is 3.28. The Kier molecular flexibility index (Phi) is 4.58. The van der Waals surface area contributed by atoms with Crippen LogP contribution in [-0.4, -0.2) is 30.6 Å². The summed E-state index contributed by atoms with van der Waals surface area (Å²) in [7, 11) is 1.41. The van der Waals surface area contributed by atoms with Crippen molar-refractivity contribution in [2.45, 2.75) is 45.1 Å². The highest BCUT2D eigenvalue weighted by molar-refractivity contribution is 7.13. The first-order valence-corrected chi connectivity index (χ1v) is 7.40. The average Bonchev–Trinajstić information content (AvgIpc) is 3.11. The molecular weight excluding hydrogens is 248 g/mol. The van der Waals surface area contributed by atoms with Crippen LogP contribution in [0, 0.1) is 0 Å². The number of esters is 1. The number of unbranched alkanes of at least 4 members (excludes halogenated alkanes) is 1. The average molecular weight is 268 g/mol. The highest BCUT2D eigenvalue weighted by atomic mass is 32.1. The predicted molar refractivity (Wildman–Crippen MR) is 73.1 cm³/mol. The molecule has 5 heteroatoms. The second kappa shape index (κ2) is 6.18. The third-order valence-electron chi connectivity index (χ3n) is 3.08. The molecule has 1 aromatic rings. The van der Waals surface area contributed by atoms with E-state index in [0.29, 0.717) is 6.04 Å². The largest absolute Gasteiger partial charge is 0.469 e. The van der Waals surface area contributed by atoms with Gasteiger partial charge >= 0.3 is 5.97 Å². The molecule has 1 aromatic heterocycles. The molecule has 100 valence electrons. The van der Waals surface area contributed by atoms with Crippen molar-refractivity contribution in [2.24, 2.45) is 0 Å². The van der Waals surface area contributed by atoms with Gasteiger partial charge in [0.05, 0.1) is 19.2 Å². The number of anilines is 1. The van der Waals surface area contributed by atoms with E-state index in [-0.39, 0.29) is 12.4 Å². The van der Waals surface area contributed by atoms with Gasteiger partial charge in [0.2, 0.25) is 0 Å². The lowest BCUT2D eigenvalue weighted by Crippen LogP contribution is -2.26. The second-order valence-electron chi connectivity index (χ2n) is 4.65. The second-order valence-corrected chi connectivity index (χ2v) is 5.49. The molecular formula is C13H20N2O2S. The van der Waals surface area contributed by atoms with Crippen LogP contribution in [0.4, 0.5) is 5.13 Å². The van der Waals surface area contributed by atoms with Crippen molar-refractivity contribution in [2.75, 3.05) is 18.6 Å². The zero-order valence-electron chi connectivity index (χ0n) is 11.0. The van der Waals surface area contributed by atoms with E-state index < -0.39 is 0 Å². The van der Waals surface area contributed by atoms with Gasteiger partial charge in [-0.1, -0.05) is 13.3 Å². The van der Waals surface area contributed by atoms with Crippen LogP contribution in [0.3, 0.4) is 0 Å². The SMILES string of the molecule is CCCCN(c1nc(CC(=O)OC)cs1)C1CC1. The van der Waals surface area contributed by atoms with E-state index in [0.717, 1.165) is 17.4 Å². The number of nitrogens with zero attached hydrogens (tertiary/aromatic N) is 2. The van der Waals surface area contributed by atoms with E-state index in [1.807, 2.05) is 5.38 Å². The van der Waals surface area contributed by atoms with Gasteiger partial charge in [0.25, 0.3) is 0 Å². The number of ether oxygens (including phenoxy) is 1. The van der Waals surface area contributed by atoms with E-state index >= 15 is 0 Å². The number of hydrogen-bond acceptors (Lipinski definition) is 5. The summed E-state index contributed by atoms with van der Waals surface area (Å²) in [6.07, 6.45) is 5.22. The Hall–Kier alpha value is -1.10. The third kappa shape index (κ3) is 3.45. The van der Waals surface area contributed by atoms with Crippen LogP contribution in [0.2, 0.25) is 0 Å². The molecule has 2 rings (SSSR count). The standard InChI is InChI=1S/C13H20N2O2S/c1-3-4-7-15(11-5-6-11)13-14-10(9-18-13)8-12(16)17-2/h9,11H,3-8H2,1-2H3. The maximum Gasteiger partial charge on any atom is 0.311 e. The molecule has 0 spiro atoms. The number of rotatable bonds is 7. The van der Waals surface area contributed by atoms with Gasteiger partial charge in [-0.05, 0) is 19.3 Å². The Bertz CT molecular complexity index is 401. The molecule has 0 aromatic carbocycles. The molecule has 1 saturated carbocycles. The fraction of sp³-hybridized carbons (Fsp3) is 0.692. The van der Waals surface area contributed by atoms with Crippen LogP contribution in [0.25, 0.3) is 0 Å². The molecule has 0 radical (unpaired) electrons. The molecule has 1 aliphatic rings. The quantitative estimate of drug-likeness (QED) is 0.713. The maximum absolute atomic E-state index is 11.2. The molecule has 0 unspecified atom stereocenters. The van der Waals surface area contributed by atoms with Crippen molar-refractivity contribution < 1.29 is 9.53 Å². The summed E-state index contributed by atoms with van der Waals surface area (Å²) >= 11 is 1.64. The Morgan fingerprint density at radius 3 is 3.00 bits per heavy atom. The van der Waals surface area contributed by atoms with Crippen molar-refractivity contribution in [3.05, 3.63) is 11.1 Å². The fourth-order valence-corrected chi connectivity index (χ4v) is 2.80. The molecule has 0 amide bonds. The lowest BCUT2D eigenvalue weighted by molar-refractivity contribution is -0.139. The van der Waals surface area contributed by atoms with Gasteiger partial charge in [-0.3, -0.25) is 4.79 Å². The van der Waals surface area contributed by atoms with E-state index in [9.17, 15) is 4.79 Å². The van der Waals surface area contributed by atoms with Crippen molar-refractivity contribution >= 4 is 22.4 Å². The fourth-order valence-electron chi connectivity index (χ4n) is 1.88. The highest BCUT2D eigenvalue weighted by Crippen LogP contribution is 2.33. The maximum atomic E-state index is 11.2. The Balaban J connectivity index is 1.99. The highest BCUT2D eigenvalue weighted by Gasteiger charge is 2.30. The molecule has 0 atom stereocenters. The van der Waals surface area contributed by atoms with Gasteiger partial charge in [-0.15, -0.1) is 11.3 Å². The first-order valence-electron chi connectivity index (χ1n) is 6.52. The molecule has 1 heterocycles. The monoisotopic (exact) mass is 268 g/mol. The summed E-state index contributed by atoms with van der Waals surface area (Å²) in [5.74, 6) is -0.224. The molecule has 1 fully saturated rings. The molecule has 18 heavy (non-hydrogen) atoms. The van der Waals surface area contributed by atoms with Crippen LogP contribution in [0.1, 0.15) is 38.3 Å². The minimum atomic E-state index is -0.224. The lowest BCUT2D eigenvalue weighted by atomic mass is 10.3. The van der Waals surface area contributed by atoms with Crippen molar-refractivity contribution in [3.8, 4) is 0 Å².